The van der Waals surface area contributed by atoms with E-state index in [1.165, 1.54) is 24.9 Å². The number of aryl methyl sites for hydroxylation is 1. The SMILES string of the molecule is NC(=NCCc1nnc2n1CCCCC2)N1CCN(c2ccc(Cl)cc2)CC1. The molecule has 150 valence electrons. The summed E-state index contributed by atoms with van der Waals surface area (Å²) in [6, 6.07) is 8.00. The van der Waals surface area contributed by atoms with Crippen LogP contribution in [0.15, 0.2) is 29.3 Å². The number of nitrogens with two attached hydrogens (primary N) is 1. The lowest BCUT2D eigenvalue weighted by molar-refractivity contribution is 0.381. The minimum atomic E-state index is 0.631. The summed E-state index contributed by atoms with van der Waals surface area (Å²) in [6.45, 7) is 5.28. The maximum Gasteiger partial charge on any atom is 0.191 e. The van der Waals surface area contributed by atoms with E-state index in [4.69, 9.17) is 17.3 Å². The van der Waals surface area contributed by atoms with Gasteiger partial charge in [0, 0.05) is 62.8 Å². The fourth-order valence-electron chi connectivity index (χ4n) is 3.95. The monoisotopic (exact) mass is 401 g/mol. The van der Waals surface area contributed by atoms with E-state index >= 15 is 0 Å². The molecule has 0 unspecified atom stereocenters. The molecule has 1 fully saturated rings. The summed E-state index contributed by atoms with van der Waals surface area (Å²) in [4.78, 5) is 9.12. The van der Waals surface area contributed by atoms with E-state index < -0.39 is 0 Å². The first-order valence-corrected chi connectivity index (χ1v) is 10.5. The van der Waals surface area contributed by atoms with Crippen molar-refractivity contribution < 1.29 is 0 Å². The van der Waals surface area contributed by atoms with Gasteiger partial charge < -0.3 is 20.1 Å². The molecule has 7 nitrogen and oxygen atoms in total. The molecular formula is C20H28ClN7. The number of hydrogen-bond donors (Lipinski definition) is 1. The van der Waals surface area contributed by atoms with E-state index in [1.54, 1.807) is 0 Å². The Balaban J connectivity index is 1.28. The molecule has 4 rings (SSSR count). The molecule has 3 heterocycles. The van der Waals surface area contributed by atoms with Crippen molar-refractivity contribution in [3.8, 4) is 0 Å². The van der Waals surface area contributed by atoms with Crippen molar-refractivity contribution in [3.63, 3.8) is 0 Å². The highest BCUT2D eigenvalue weighted by atomic mass is 35.5. The van der Waals surface area contributed by atoms with Crippen LogP contribution < -0.4 is 10.6 Å². The summed E-state index contributed by atoms with van der Waals surface area (Å²) in [7, 11) is 0. The van der Waals surface area contributed by atoms with E-state index in [-0.39, 0.29) is 0 Å². The molecule has 0 amide bonds. The molecule has 0 radical (unpaired) electrons. The maximum absolute atomic E-state index is 6.25. The van der Waals surface area contributed by atoms with Gasteiger partial charge in [0.1, 0.15) is 11.6 Å². The summed E-state index contributed by atoms with van der Waals surface area (Å²) in [5.74, 6) is 2.80. The molecular weight excluding hydrogens is 374 g/mol. The number of guanidine groups is 1. The Morgan fingerprint density at radius 1 is 1.00 bits per heavy atom. The average molecular weight is 402 g/mol. The molecule has 2 aliphatic heterocycles. The third-order valence-electron chi connectivity index (χ3n) is 5.59. The molecule has 0 atom stereocenters. The van der Waals surface area contributed by atoms with Gasteiger partial charge in [0.15, 0.2) is 5.96 Å². The minimum Gasteiger partial charge on any atom is -0.370 e. The lowest BCUT2D eigenvalue weighted by atomic mass is 10.2. The first kappa shape index (κ1) is 19.1. The molecule has 0 saturated carbocycles. The van der Waals surface area contributed by atoms with Crippen molar-refractivity contribution in [2.24, 2.45) is 10.7 Å². The van der Waals surface area contributed by atoms with Gasteiger partial charge in [-0.15, -0.1) is 10.2 Å². The van der Waals surface area contributed by atoms with Gasteiger partial charge in [-0.3, -0.25) is 4.99 Å². The van der Waals surface area contributed by atoms with Crippen LogP contribution in [0.25, 0.3) is 0 Å². The topological polar surface area (TPSA) is 75.6 Å². The third kappa shape index (κ3) is 4.41. The van der Waals surface area contributed by atoms with Crippen LogP contribution in [0.3, 0.4) is 0 Å². The quantitative estimate of drug-likeness (QED) is 0.628. The summed E-state index contributed by atoms with van der Waals surface area (Å²) >= 11 is 5.98. The predicted molar refractivity (Wildman–Crippen MR) is 113 cm³/mol. The van der Waals surface area contributed by atoms with Gasteiger partial charge >= 0.3 is 0 Å². The van der Waals surface area contributed by atoms with Crippen LogP contribution in [0.4, 0.5) is 5.69 Å². The molecule has 0 spiro atoms. The number of nitrogens with zero attached hydrogens (tertiary/aromatic N) is 6. The normalized spacial score (nSPS) is 18.1. The predicted octanol–water partition coefficient (Wildman–Crippen LogP) is 2.34. The Morgan fingerprint density at radius 2 is 1.79 bits per heavy atom. The average Bonchev–Trinajstić information content (AvgIpc) is 2.95. The van der Waals surface area contributed by atoms with Crippen LogP contribution in [0.2, 0.25) is 5.02 Å². The molecule has 1 aromatic heterocycles. The van der Waals surface area contributed by atoms with Gasteiger partial charge in [0.05, 0.1) is 0 Å². The second-order valence-corrected chi connectivity index (χ2v) is 7.87. The number of piperazine rings is 1. The molecule has 2 aromatic rings. The lowest BCUT2D eigenvalue weighted by Crippen LogP contribution is -2.51. The molecule has 0 aliphatic carbocycles. The van der Waals surface area contributed by atoms with Gasteiger partial charge in [0.2, 0.25) is 0 Å². The molecule has 28 heavy (non-hydrogen) atoms. The number of rotatable bonds is 4. The Morgan fingerprint density at radius 3 is 2.57 bits per heavy atom. The standard InChI is InChI=1S/C20H28ClN7/c21-16-5-7-17(8-6-16)26-12-14-27(15-13-26)20(22)23-10-9-19-25-24-18-4-2-1-3-11-28(18)19/h5-8H,1-4,9-15H2,(H2,22,23). The zero-order chi connectivity index (χ0) is 19.3. The van der Waals surface area contributed by atoms with E-state index in [1.807, 2.05) is 12.1 Å². The highest BCUT2D eigenvalue weighted by Gasteiger charge is 2.19. The van der Waals surface area contributed by atoms with Crippen LogP contribution in [-0.2, 0) is 19.4 Å². The minimum absolute atomic E-state index is 0.631. The summed E-state index contributed by atoms with van der Waals surface area (Å²) in [5.41, 5.74) is 7.45. The Hall–Kier alpha value is -2.28. The Labute approximate surface area is 171 Å². The first-order chi connectivity index (χ1) is 13.7. The number of aromatic nitrogens is 3. The maximum atomic E-state index is 6.25. The van der Waals surface area contributed by atoms with Crippen LogP contribution in [0.5, 0.6) is 0 Å². The van der Waals surface area contributed by atoms with Crippen LogP contribution in [-0.4, -0.2) is 58.3 Å². The van der Waals surface area contributed by atoms with E-state index in [9.17, 15) is 0 Å². The Kier molecular flexibility index (Phi) is 6.00. The number of benzene rings is 1. The molecule has 8 heteroatoms. The van der Waals surface area contributed by atoms with Crippen LogP contribution in [0.1, 0.15) is 30.9 Å². The third-order valence-corrected chi connectivity index (χ3v) is 5.84. The van der Waals surface area contributed by atoms with Gasteiger partial charge in [-0.1, -0.05) is 18.0 Å². The van der Waals surface area contributed by atoms with Gasteiger partial charge in [-0.05, 0) is 37.1 Å². The number of aliphatic imine (C=N–C) groups is 1. The summed E-state index contributed by atoms with van der Waals surface area (Å²) in [5, 5.41) is 9.49. The van der Waals surface area contributed by atoms with Gasteiger partial charge in [-0.25, -0.2) is 0 Å². The van der Waals surface area contributed by atoms with E-state index in [0.717, 1.165) is 62.2 Å². The second kappa shape index (κ2) is 8.82. The van der Waals surface area contributed by atoms with Crippen molar-refractivity contribution >= 4 is 23.2 Å². The number of fused-ring (bicyclic) bond motifs is 1. The van der Waals surface area contributed by atoms with Crippen molar-refractivity contribution in [2.75, 3.05) is 37.6 Å². The molecule has 2 N–H and O–H groups in total. The lowest BCUT2D eigenvalue weighted by Gasteiger charge is -2.36. The molecule has 2 aliphatic rings. The van der Waals surface area contributed by atoms with Crippen molar-refractivity contribution in [1.82, 2.24) is 19.7 Å². The van der Waals surface area contributed by atoms with Crippen molar-refractivity contribution in [1.29, 1.82) is 0 Å². The fraction of sp³-hybridized carbons (Fsp3) is 0.550. The molecule has 0 bridgehead atoms. The molecule has 1 aromatic carbocycles. The van der Waals surface area contributed by atoms with Crippen LogP contribution in [0, 0.1) is 0 Å². The Bertz CT molecular complexity index is 806. The second-order valence-electron chi connectivity index (χ2n) is 7.44. The number of hydrogen-bond acceptors (Lipinski definition) is 4. The molecule has 1 saturated heterocycles. The highest BCUT2D eigenvalue weighted by Crippen LogP contribution is 2.19. The zero-order valence-electron chi connectivity index (χ0n) is 16.2. The first-order valence-electron chi connectivity index (χ1n) is 10.2. The highest BCUT2D eigenvalue weighted by molar-refractivity contribution is 6.30. The number of halogens is 1. The van der Waals surface area contributed by atoms with Crippen LogP contribution >= 0.6 is 11.6 Å². The fourth-order valence-corrected chi connectivity index (χ4v) is 4.07. The van der Waals surface area contributed by atoms with E-state index in [2.05, 4.69) is 41.7 Å². The van der Waals surface area contributed by atoms with Gasteiger partial charge in [-0.2, -0.15) is 0 Å². The van der Waals surface area contributed by atoms with E-state index in [0.29, 0.717) is 12.5 Å². The zero-order valence-corrected chi connectivity index (χ0v) is 17.0. The smallest absolute Gasteiger partial charge is 0.191 e. The summed E-state index contributed by atoms with van der Waals surface area (Å²) in [6.07, 6.45) is 5.53. The van der Waals surface area contributed by atoms with Crippen molar-refractivity contribution in [3.05, 3.63) is 40.9 Å². The van der Waals surface area contributed by atoms with Crippen molar-refractivity contribution in [2.45, 2.75) is 38.6 Å². The largest absolute Gasteiger partial charge is 0.370 e. The van der Waals surface area contributed by atoms with Gasteiger partial charge in [0.25, 0.3) is 0 Å². The summed E-state index contributed by atoms with van der Waals surface area (Å²) < 4.78 is 2.28. The number of anilines is 1.